The Hall–Kier alpha value is -3.35. The number of tetrazole rings is 1. The molecule has 1 amide bonds. The van der Waals surface area contributed by atoms with Crippen LogP contribution >= 0.6 is 11.6 Å². The molecule has 0 aliphatic carbocycles. The molecule has 0 saturated carbocycles. The third-order valence-electron chi connectivity index (χ3n) is 6.20. The van der Waals surface area contributed by atoms with Crippen LogP contribution in [-0.2, 0) is 30.1 Å². The zero-order valence-corrected chi connectivity index (χ0v) is 20.5. The minimum atomic E-state index is -4.96. The number of alkyl halides is 6. The maximum Gasteiger partial charge on any atom is 0.416 e. The molecule has 204 valence electrons. The van der Waals surface area contributed by atoms with Crippen LogP contribution in [0.25, 0.3) is 0 Å². The lowest BCUT2D eigenvalue weighted by Gasteiger charge is -2.36. The molecule has 1 saturated heterocycles. The molecule has 0 bridgehead atoms. The molecule has 0 N–H and O–H groups in total. The molecule has 0 radical (unpaired) electrons. The monoisotopic (exact) mass is 561 g/mol. The second kappa shape index (κ2) is 11.2. The summed E-state index contributed by atoms with van der Waals surface area (Å²) in [5.74, 6) is 0. The Morgan fingerprint density at radius 3 is 2.34 bits per heavy atom. The molecule has 2 heterocycles. The number of amides is 1. The molecule has 2 atom stereocenters. The van der Waals surface area contributed by atoms with Crippen molar-refractivity contribution in [1.82, 2.24) is 25.1 Å². The minimum Gasteiger partial charge on any atom is -0.439 e. The topological polar surface area (TPSA) is 73.1 Å². The van der Waals surface area contributed by atoms with Crippen molar-refractivity contribution in [2.45, 2.75) is 56.7 Å². The van der Waals surface area contributed by atoms with Gasteiger partial charge in [0.1, 0.15) is 6.54 Å². The molecule has 2 aromatic carbocycles. The molecule has 7 nitrogen and oxygen atoms in total. The lowest BCUT2D eigenvalue weighted by molar-refractivity contribution is -0.143. The summed E-state index contributed by atoms with van der Waals surface area (Å²) in [4.78, 5) is 15.9. The van der Waals surface area contributed by atoms with Crippen LogP contribution in [0.1, 0.15) is 47.6 Å². The molecule has 0 spiro atoms. The van der Waals surface area contributed by atoms with Crippen molar-refractivity contribution in [3.63, 3.8) is 0 Å². The summed E-state index contributed by atoms with van der Waals surface area (Å²) in [7, 11) is 0. The van der Waals surface area contributed by atoms with E-state index in [1.54, 1.807) is 24.3 Å². The highest BCUT2D eigenvalue weighted by molar-refractivity contribution is 6.31. The first-order chi connectivity index (χ1) is 17.9. The first-order valence-corrected chi connectivity index (χ1v) is 12.0. The van der Waals surface area contributed by atoms with Gasteiger partial charge in [-0.1, -0.05) is 29.8 Å². The largest absolute Gasteiger partial charge is 0.439 e. The third kappa shape index (κ3) is 6.74. The Balaban J connectivity index is 1.58. The van der Waals surface area contributed by atoms with Gasteiger partial charge < -0.3 is 9.64 Å². The van der Waals surface area contributed by atoms with Crippen LogP contribution in [0, 0.1) is 0 Å². The predicted octanol–water partition coefficient (Wildman–Crippen LogP) is 6.34. The molecule has 4 rings (SSSR count). The number of hydrogen-bond acceptors (Lipinski definition) is 5. The Morgan fingerprint density at radius 1 is 1.05 bits per heavy atom. The van der Waals surface area contributed by atoms with Crippen molar-refractivity contribution in [2.24, 2.45) is 0 Å². The van der Waals surface area contributed by atoms with E-state index in [1.165, 1.54) is 16.0 Å². The molecular formula is C24H22ClF6N5O2. The summed E-state index contributed by atoms with van der Waals surface area (Å²) < 4.78 is 85.8. The number of carbonyl (C=O) groups is 1. The number of nitrogens with zero attached hydrogens (tertiary/aromatic N) is 5. The standard InChI is InChI=1S/C24H22ClF6N5O2/c25-20-7-2-1-6-19(20)21(13-36-33-14-32-34-36)38-22(37)35-8-4-3-5-18(35)11-15-9-16(23(26,27)28)12-17(10-15)24(29,30)31/h1-2,6-7,9-10,12,14,18,21H,3-5,8,11,13H2. The van der Waals surface area contributed by atoms with Gasteiger partial charge in [0, 0.05) is 23.2 Å². The number of carbonyl (C=O) groups excluding carboxylic acids is 1. The first-order valence-electron chi connectivity index (χ1n) is 11.6. The van der Waals surface area contributed by atoms with Crippen LogP contribution in [0.15, 0.2) is 48.8 Å². The van der Waals surface area contributed by atoms with Gasteiger partial charge in [0.15, 0.2) is 12.4 Å². The van der Waals surface area contributed by atoms with Gasteiger partial charge in [0.25, 0.3) is 0 Å². The van der Waals surface area contributed by atoms with Crippen LogP contribution in [-0.4, -0.2) is 43.8 Å². The van der Waals surface area contributed by atoms with E-state index >= 15 is 0 Å². The van der Waals surface area contributed by atoms with E-state index < -0.39 is 41.7 Å². The summed E-state index contributed by atoms with van der Waals surface area (Å²) in [5, 5.41) is 11.7. The van der Waals surface area contributed by atoms with Crippen molar-refractivity contribution in [1.29, 1.82) is 0 Å². The highest BCUT2D eigenvalue weighted by Crippen LogP contribution is 2.37. The summed E-state index contributed by atoms with van der Waals surface area (Å²) >= 11 is 6.31. The highest BCUT2D eigenvalue weighted by atomic mass is 35.5. The number of piperidine rings is 1. The zero-order chi connectivity index (χ0) is 27.5. The van der Waals surface area contributed by atoms with Gasteiger partial charge in [0.05, 0.1) is 11.1 Å². The van der Waals surface area contributed by atoms with E-state index in [0.29, 0.717) is 42.0 Å². The zero-order valence-electron chi connectivity index (χ0n) is 19.7. The summed E-state index contributed by atoms with van der Waals surface area (Å²) in [6.45, 7) is 0.210. The van der Waals surface area contributed by atoms with Gasteiger partial charge >= 0.3 is 18.4 Å². The maximum absolute atomic E-state index is 13.3. The Kier molecular flexibility index (Phi) is 8.14. The van der Waals surface area contributed by atoms with E-state index in [4.69, 9.17) is 16.3 Å². The number of hydrogen-bond donors (Lipinski definition) is 0. The van der Waals surface area contributed by atoms with Gasteiger partial charge in [-0.15, -0.1) is 10.2 Å². The Labute approximate surface area is 218 Å². The lowest BCUT2D eigenvalue weighted by Crippen LogP contribution is -2.45. The number of rotatable bonds is 6. The number of benzene rings is 2. The second-order valence-electron chi connectivity index (χ2n) is 8.85. The van der Waals surface area contributed by atoms with E-state index in [-0.39, 0.29) is 31.1 Å². The number of aromatic nitrogens is 4. The smallest absolute Gasteiger partial charge is 0.416 e. The van der Waals surface area contributed by atoms with E-state index in [9.17, 15) is 31.1 Å². The molecule has 2 unspecified atom stereocenters. The molecule has 3 aromatic rings. The summed E-state index contributed by atoms with van der Waals surface area (Å²) in [6, 6.07) is 7.47. The van der Waals surface area contributed by atoms with E-state index in [2.05, 4.69) is 15.4 Å². The molecule has 1 aromatic heterocycles. The fourth-order valence-electron chi connectivity index (χ4n) is 4.41. The van der Waals surface area contributed by atoms with Crippen molar-refractivity contribution >= 4 is 17.7 Å². The van der Waals surface area contributed by atoms with Gasteiger partial charge in [-0.25, -0.2) is 4.79 Å². The van der Waals surface area contributed by atoms with Crippen LogP contribution in [0.3, 0.4) is 0 Å². The first kappa shape index (κ1) is 27.7. The summed E-state index contributed by atoms with van der Waals surface area (Å²) in [5.41, 5.74) is -2.50. The molecule has 1 aliphatic heterocycles. The van der Waals surface area contributed by atoms with E-state index in [0.717, 1.165) is 0 Å². The van der Waals surface area contributed by atoms with Gasteiger partial charge in [0.2, 0.25) is 0 Å². The van der Waals surface area contributed by atoms with Gasteiger partial charge in [-0.2, -0.15) is 31.1 Å². The lowest BCUT2D eigenvalue weighted by atomic mass is 9.93. The summed E-state index contributed by atoms with van der Waals surface area (Å²) in [6.07, 6.45) is -8.99. The number of halogens is 7. The van der Waals surface area contributed by atoms with Crippen LogP contribution in [0.2, 0.25) is 5.02 Å². The van der Waals surface area contributed by atoms with Crippen LogP contribution in [0.5, 0.6) is 0 Å². The number of likely N-dealkylation sites (tertiary alicyclic amines) is 1. The normalized spacial score (nSPS) is 17.3. The molecule has 38 heavy (non-hydrogen) atoms. The SMILES string of the molecule is O=C(OC(Cn1ncnn1)c1ccccc1Cl)N1CCCCC1Cc1cc(C(F)(F)F)cc(C(F)(F)F)c1. The van der Waals surface area contributed by atoms with Crippen molar-refractivity contribution in [3.8, 4) is 0 Å². The van der Waals surface area contributed by atoms with Crippen LogP contribution in [0.4, 0.5) is 31.1 Å². The third-order valence-corrected chi connectivity index (χ3v) is 6.54. The van der Waals surface area contributed by atoms with Crippen molar-refractivity contribution in [3.05, 3.63) is 76.1 Å². The minimum absolute atomic E-state index is 0.0173. The molecule has 1 aliphatic rings. The van der Waals surface area contributed by atoms with Gasteiger partial charge in [-0.3, -0.25) is 0 Å². The Bertz CT molecular complexity index is 1220. The molecular weight excluding hydrogens is 540 g/mol. The Morgan fingerprint density at radius 2 is 1.74 bits per heavy atom. The van der Waals surface area contributed by atoms with Crippen molar-refractivity contribution < 1.29 is 35.9 Å². The predicted molar refractivity (Wildman–Crippen MR) is 123 cm³/mol. The average molecular weight is 562 g/mol. The quantitative estimate of drug-likeness (QED) is 0.328. The highest BCUT2D eigenvalue weighted by Gasteiger charge is 2.38. The second-order valence-corrected chi connectivity index (χ2v) is 9.25. The fraction of sp³-hybridized carbons (Fsp3) is 0.417. The molecule has 1 fully saturated rings. The van der Waals surface area contributed by atoms with Gasteiger partial charge in [-0.05, 0) is 60.7 Å². The fourth-order valence-corrected chi connectivity index (χ4v) is 4.66. The maximum atomic E-state index is 13.3. The average Bonchev–Trinajstić information content (AvgIpc) is 3.36. The van der Waals surface area contributed by atoms with E-state index in [1.807, 2.05) is 0 Å². The molecule has 14 heteroatoms. The van der Waals surface area contributed by atoms with Crippen molar-refractivity contribution in [2.75, 3.05) is 6.54 Å². The number of ether oxygens (including phenoxy) is 1. The van der Waals surface area contributed by atoms with Crippen LogP contribution < -0.4 is 0 Å².